The maximum Gasteiger partial charge on any atom is 0.198 e. The first kappa shape index (κ1) is 14.7. The van der Waals surface area contributed by atoms with Crippen LogP contribution in [-0.2, 0) is 6.61 Å². The molecule has 21 heavy (non-hydrogen) atoms. The van der Waals surface area contributed by atoms with Crippen LogP contribution in [0.2, 0.25) is 0 Å². The Labute approximate surface area is 118 Å². The number of aliphatic hydroxyl groups is 1. The molecule has 0 aliphatic rings. The minimum Gasteiger partial charge on any atom is -0.451 e. The molecule has 2 aromatic carbocycles. The van der Waals surface area contributed by atoms with Crippen LogP contribution >= 0.6 is 0 Å². The maximum absolute atomic E-state index is 13.9. The normalized spacial score (nSPS) is 11.5. The number of ether oxygens (including phenoxy) is 1. The Morgan fingerprint density at radius 1 is 1.19 bits per heavy atom. The number of nitrogens with zero attached hydrogens (tertiary/aromatic N) is 1. The summed E-state index contributed by atoms with van der Waals surface area (Å²) >= 11 is 0. The monoisotopic (exact) mass is 294 g/mol. The smallest absolute Gasteiger partial charge is 0.198 e. The van der Waals surface area contributed by atoms with Gasteiger partial charge in [-0.3, -0.25) is 0 Å². The highest BCUT2D eigenvalue weighted by Crippen LogP contribution is 2.29. The molecular weight excluding hydrogens is 282 g/mol. The van der Waals surface area contributed by atoms with Crippen molar-refractivity contribution < 1.29 is 23.8 Å². The van der Waals surface area contributed by atoms with Crippen LogP contribution in [0.25, 0.3) is 0 Å². The number of rotatable bonds is 4. The summed E-state index contributed by atoms with van der Waals surface area (Å²) in [5.74, 6) is -2.84. The van der Waals surface area contributed by atoms with E-state index in [9.17, 15) is 8.78 Å². The van der Waals surface area contributed by atoms with Gasteiger partial charge in [-0.2, -0.15) is 0 Å². The fourth-order valence-corrected chi connectivity index (χ4v) is 1.69. The molecule has 0 amide bonds. The van der Waals surface area contributed by atoms with Crippen molar-refractivity contribution in [2.45, 2.75) is 6.61 Å². The number of benzene rings is 2. The summed E-state index contributed by atoms with van der Waals surface area (Å²) in [4.78, 5) is 0. The van der Waals surface area contributed by atoms with E-state index in [1.54, 1.807) is 12.1 Å². The molecule has 0 bridgehead atoms. The number of aliphatic hydroxyl groups excluding tert-OH is 1. The Balaban J connectivity index is 2.36. The molecule has 0 aromatic heterocycles. The lowest BCUT2D eigenvalue weighted by Crippen LogP contribution is -2.14. The summed E-state index contributed by atoms with van der Waals surface area (Å²) in [6.45, 7) is -0.218. The van der Waals surface area contributed by atoms with Gasteiger partial charge in [0.05, 0.1) is 6.61 Å². The van der Waals surface area contributed by atoms with Gasteiger partial charge in [0.15, 0.2) is 23.2 Å². The molecule has 0 fully saturated rings. The summed E-state index contributed by atoms with van der Waals surface area (Å²) in [5.41, 5.74) is 5.71. The van der Waals surface area contributed by atoms with E-state index in [-0.39, 0.29) is 17.9 Å². The number of hydrogen-bond donors (Lipinski definition) is 3. The summed E-state index contributed by atoms with van der Waals surface area (Å²) in [6.07, 6.45) is 0. The largest absolute Gasteiger partial charge is 0.451 e. The molecule has 110 valence electrons. The summed E-state index contributed by atoms with van der Waals surface area (Å²) in [6, 6.07) is 7.96. The molecule has 0 spiro atoms. The van der Waals surface area contributed by atoms with Gasteiger partial charge in [0, 0.05) is 5.56 Å². The first-order chi connectivity index (χ1) is 10.0. The molecule has 5 nitrogen and oxygen atoms in total. The van der Waals surface area contributed by atoms with Crippen molar-refractivity contribution in [2.24, 2.45) is 10.9 Å². The standard InChI is InChI=1S/C14H12F2N2O3/c15-11-5-9(14(17)18-20)6-12(16)13(11)21-10-3-1-2-8(4-10)7-19/h1-6,19-20H,7H2,(H2,17,18). The van der Waals surface area contributed by atoms with Crippen LogP contribution in [0, 0.1) is 11.6 Å². The zero-order chi connectivity index (χ0) is 15.4. The van der Waals surface area contributed by atoms with Gasteiger partial charge in [-0.05, 0) is 29.8 Å². The van der Waals surface area contributed by atoms with Crippen LogP contribution < -0.4 is 10.5 Å². The van der Waals surface area contributed by atoms with Crippen molar-refractivity contribution in [2.75, 3.05) is 0 Å². The minimum atomic E-state index is -0.994. The van der Waals surface area contributed by atoms with Crippen molar-refractivity contribution in [1.29, 1.82) is 0 Å². The first-order valence-electron chi connectivity index (χ1n) is 5.89. The fourth-order valence-electron chi connectivity index (χ4n) is 1.69. The summed E-state index contributed by atoms with van der Waals surface area (Å²) in [5, 5.41) is 20.2. The lowest BCUT2D eigenvalue weighted by atomic mass is 10.2. The van der Waals surface area contributed by atoms with Gasteiger partial charge in [0.25, 0.3) is 0 Å². The molecule has 0 saturated heterocycles. The number of oxime groups is 1. The highest BCUT2D eigenvalue weighted by atomic mass is 19.1. The Hall–Kier alpha value is -2.67. The van der Waals surface area contributed by atoms with Gasteiger partial charge in [0.2, 0.25) is 0 Å². The summed E-state index contributed by atoms with van der Waals surface area (Å²) < 4.78 is 32.9. The molecule has 7 heteroatoms. The van der Waals surface area contributed by atoms with E-state index < -0.39 is 23.2 Å². The molecule has 0 atom stereocenters. The number of hydrogen-bond acceptors (Lipinski definition) is 4. The third-order valence-electron chi connectivity index (χ3n) is 2.70. The average molecular weight is 294 g/mol. The molecular formula is C14H12F2N2O3. The van der Waals surface area contributed by atoms with E-state index in [0.717, 1.165) is 12.1 Å². The molecule has 0 aliphatic carbocycles. The van der Waals surface area contributed by atoms with Crippen LogP contribution in [0.15, 0.2) is 41.6 Å². The van der Waals surface area contributed by atoms with Crippen molar-refractivity contribution in [3.8, 4) is 11.5 Å². The van der Waals surface area contributed by atoms with Crippen molar-refractivity contribution in [1.82, 2.24) is 0 Å². The van der Waals surface area contributed by atoms with Crippen molar-refractivity contribution in [3.05, 3.63) is 59.2 Å². The molecule has 2 aromatic rings. The van der Waals surface area contributed by atoms with Gasteiger partial charge in [-0.1, -0.05) is 17.3 Å². The minimum absolute atomic E-state index is 0.107. The van der Waals surface area contributed by atoms with Crippen LogP contribution in [0.4, 0.5) is 8.78 Å². The van der Waals surface area contributed by atoms with Crippen LogP contribution in [0.5, 0.6) is 11.5 Å². The average Bonchev–Trinajstić information content (AvgIpc) is 2.50. The van der Waals surface area contributed by atoms with Gasteiger partial charge in [-0.25, -0.2) is 8.78 Å². The maximum atomic E-state index is 13.9. The second-order valence-corrected chi connectivity index (χ2v) is 4.16. The third-order valence-corrected chi connectivity index (χ3v) is 2.70. The van der Waals surface area contributed by atoms with Crippen molar-refractivity contribution in [3.63, 3.8) is 0 Å². The Morgan fingerprint density at radius 2 is 1.86 bits per heavy atom. The first-order valence-corrected chi connectivity index (χ1v) is 5.89. The van der Waals surface area contributed by atoms with E-state index in [1.165, 1.54) is 12.1 Å². The molecule has 0 saturated carbocycles. The van der Waals surface area contributed by atoms with E-state index in [0.29, 0.717) is 5.56 Å². The van der Waals surface area contributed by atoms with E-state index in [1.807, 2.05) is 0 Å². The van der Waals surface area contributed by atoms with Crippen LogP contribution in [0.1, 0.15) is 11.1 Å². The topological polar surface area (TPSA) is 88.1 Å². The second-order valence-electron chi connectivity index (χ2n) is 4.16. The molecule has 4 N–H and O–H groups in total. The van der Waals surface area contributed by atoms with E-state index >= 15 is 0 Å². The van der Waals surface area contributed by atoms with Gasteiger partial charge < -0.3 is 20.8 Å². The van der Waals surface area contributed by atoms with Gasteiger partial charge in [-0.15, -0.1) is 0 Å². The molecule has 0 aliphatic heterocycles. The van der Waals surface area contributed by atoms with E-state index in [2.05, 4.69) is 5.16 Å². The molecule has 0 unspecified atom stereocenters. The van der Waals surface area contributed by atoms with Gasteiger partial charge in [0.1, 0.15) is 5.75 Å². The predicted molar refractivity (Wildman–Crippen MR) is 71.3 cm³/mol. The predicted octanol–water partition coefficient (Wildman–Crippen LogP) is 2.34. The summed E-state index contributed by atoms with van der Waals surface area (Å²) in [7, 11) is 0. The third kappa shape index (κ3) is 3.26. The molecule has 0 heterocycles. The Morgan fingerprint density at radius 3 is 2.43 bits per heavy atom. The van der Waals surface area contributed by atoms with Crippen molar-refractivity contribution >= 4 is 5.84 Å². The number of amidine groups is 1. The lowest BCUT2D eigenvalue weighted by Gasteiger charge is -2.10. The van der Waals surface area contributed by atoms with Crippen LogP contribution in [-0.4, -0.2) is 16.1 Å². The Bertz CT molecular complexity index is 667. The Kier molecular flexibility index (Phi) is 4.34. The molecule has 0 radical (unpaired) electrons. The SMILES string of the molecule is N/C(=N/O)c1cc(F)c(Oc2cccc(CO)c2)c(F)c1. The van der Waals surface area contributed by atoms with Crippen LogP contribution in [0.3, 0.4) is 0 Å². The molecule has 2 rings (SSSR count). The zero-order valence-corrected chi connectivity index (χ0v) is 10.8. The highest BCUT2D eigenvalue weighted by molar-refractivity contribution is 5.97. The fraction of sp³-hybridized carbons (Fsp3) is 0.0714. The lowest BCUT2D eigenvalue weighted by molar-refractivity contribution is 0.281. The second kappa shape index (κ2) is 6.19. The van der Waals surface area contributed by atoms with Gasteiger partial charge >= 0.3 is 0 Å². The zero-order valence-electron chi connectivity index (χ0n) is 10.8. The highest BCUT2D eigenvalue weighted by Gasteiger charge is 2.15. The number of halogens is 2. The number of nitrogens with two attached hydrogens (primary N) is 1. The van der Waals surface area contributed by atoms with E-state index in [4.69, 9.17) is 20.8 Å². The quantitative estimate of drug-likeness (QED) is 0.349.